The zero-order chi connectivity index (χ0) is 17.7. The van der Waals surface area contributed by atoms with Crippen molar-refractivity contribution in [1.82, 2.24) is 0 Å². The molecule has 132 valence electrons. The van der Waals surface area contributed by atoms with Crippen molar-refractivity contribution < 1.29 is 8.78 Å². The van der Waals surface area contributed by atoms with Crippen LogP contribution in [0.4, 0.5) is 8.78 Å². The van der Waals surface area contributed by atoms with Crippen molar-refractivity contribution in [2.45, 2.75) is 44.1 Å². The van der Waals surface area contributed by atoms with E-state index in [0.29, 0.717) is 5.17 Å². The fraction of sp³-hybridized carbons (Fsp3) is 0.421. The highest BCUT2D eigenvalue weighted by Gasteiger charge is 2.39. The lowest BCUT2D eigenvalue weighted by atomic mass is 9.78. The van der Waals surface area contributed by atoms with Gasteiger partial charge in [-0.25, -0.2) is 8.78 Å². The molecule has 1 spiro atoms. The first kappa shape index (κ1) is 17.0. The minimum Gasteiger partial charge on any atom is -0.379 e. The van der Waals surface area contributed by atoms with Gasteiger partial charge >= 0.3 is 0 Å². The molecule has 25 heavy (non-hydrogen) atoms. The molecule has 1 aliphatic heterocycles. The first-order valence-electron chi connectivity index (χ1n) is 8.47. The maximum absolute atomic E-state index is 13.7. The number of alkyl halides is 2. The summed E-state index contributed by atoms with van der Waals surface area (Å²) in [6.07, 6.45) is 4.15. The molecule has 2 aromatic rings. The molecule has 1 atom stereocenters. The van der Waals surface area contributed by atoms with E-state index in [4.69, 9.17) is 10.7 Å². The Hall–Kier alpha value is -1.40. The number of benzene rings is 1. The summed E-state index contributed by atoms with van der Waals surface area (Å²) in [4.78, 5) is 7.20. The molecule has 4 rings (SSSR count). The summed E-state index contributed by atoms with van der Waals surface area (Å²) in [7, 11) is 0. The topological polar surface area (TPSA) is 38.4 Å². The van der Waals surface area contributed by atoms with Crippen molar-refractivity contribution >= 4 is 28.3 Å². The van der Waals surface area contributed by atoms with E-state index in [9.17, 15) is 8.78 Å². The van der Waals surface area contributed by atoms with Crippen LogP contribution >= 0.6 is 23.1 Å². The minimum atomic E-state index is -2.83. The summed E-state index contributed by atoms with van der Waals surface area (Å²) in [5, 5.41) is 0.666. The number of fused-ring (bicyclic) bond motifs is 2. The third kappa shape index (κ3) is 3.10. The average molecular weight is 379 g/mol. The van der Waals surface area contributed by atoms with Crippen LogP contribution in [-0.4, -0.2) is 10.9 Å². The number of hydrogen-bond acceptors (Lipinski definition) is 4. The highest BCUT2D eigenvalue weighted by Crippen LogP contribution is 2.49. The fourth-order valence-electron chi connectivity index (χ4n) is 3.77. The minimum absolute atomic E-state index is 0.0578. The first-order chi connectivity index (χ1) is 11.9. The molecule has 0 saturated carbocycles. The summed E-state index contributed by atoms with van der Waals surface area (Å²) < 4.78 is 27.4. The lowest BCUT2D eigenvalue weighted by molar-refractivity contribution is 0.0175. The van der Waals surface area contributed by atoms with Gasteiger partial charge in [0.05, 0.1) is 5.54 Å². The number of amidine groups is 1. The number of aryl methyl sites for hydroxylation is 1. The van der Waals surface area contributed by atoms with Crippen molar-refractivity contribution in [3.8, 4) is 10.4 Å². The van der Waals surface area contributed by atoms with E-state index in [2.05, 4.69) is 6.07 Å². The molecule has 0 bridgehead atoms. The second kappa shape index (κ2) is 6.09. The summed E-state index contributed by atoms with van der Waals surface area (Å²) in [5.74, 6) is -1.84. The normalized spacial score (nSPS) is 23.4. The molecular weight excluding hydrogens is 358 g/mol. The third-order valence-corrected chi connectivity index (χ3v) is 7.09. The van der Waals surface area contributed by atoms with Crippen LogP contribution in [0.15, 0.2) is 35.3 Å². The number of nitrogens with two attached hydrogens (primary N) is 1. The lowest BCUT2D eigenvalue weighted by Crippen LogP contribution is -2.34. The van der Waals surface area contributed by atoms with Crippen molar-refractivity contribution in [3.05, 3.63) is 46.3 Å². The Kier molecular flexibility index (Phi) is 4.15. The van der Waals surface area contributed by atoms with Crippen LogP contribution in [-0.2, 0) is 17.9 Å². The number of rotatable bonds is 2. The molecule has 1 aromatic heterocycles. The number of thioether (sulfide) groups is 1. The molecule has 0 fully saturated rings. The van der Waals surface area contributed by atoms with E-state index >= 15 is 0 Å². The molecule has 1 unspecified atom stereocenters. The van der Waals surface area contributed by atoms with Crippen molar-refractivity contribution in [1.29, 1.82) is 0 Å². The Morgan fingerprint density at radius 3 is 2.84 bits per heavy atom. The number of aliphatic imine (C=N–C) groups is 1. The maximum atomic E-state index is 13.7. The maximum Gasteiger partial charge on any atom is 0.270 e. The standard InChI is InChI=1S/C19H20F2N2S2/c1-18(20,21)13-5-2-4-12(10-13)16-11-14-15(25-16)6-3-7-19(14)8-9-24-17(22)23-19/h2,4-5,10-11H,3,6-9H2,1H3,(H2,22,23). The number of thiophene rings is 1. The first-order valence-corrected chi connectivity index (χ1v) is 10.3. The van der Waals surface area contributed by atoms with Crippen LogP contribution in [0.2, 0.25) is 0 Å². The Balaban J connectivity index is 1.78. The van der Waals surface area contributed by atoms with E-state index in [1.165, 1.54) is 16.5 Å². The lowest BCUT2D eigenvalue weighted by Gasteiger charge is -2.36. The van der Waals surface area contributed by atoms with Gasteiger partial charge in [-0.1, -0.05) is 30.0 Å². The number of nitrogens with zero attached hydrogens (tertiary/aromatic N) is 1. The van der Waals surface area contributed by atoms with Crippen LogP contribution in [0.25, 0.3) is 10.4 Å². The second-order valence-electron chi connectivity index (χ2n) is 6.85. The largest absolute Gasteiger partial charge is 0.379 e. The quantitative estimate of drug-likeness (QED) is 0.748. The van der Waals surface area contributed by atoms with E-state index in [1.54, 1.807) is 35.2 Å². The van der Waals surface area contributed by atoms with Gasteiger partial charge in [0.15, 0.2) is 5.17 Å². The third-order valence-electron chi connectivity index (χ3n) is 5.05. The van der Waals surface area contributed by atoms with Gasteiger partial charge in [0.1, 0.15) is 0 Å². The molecule has 2 aliphatic rings. The molecular formula is C19H20F2N2S2. The van der Waals surface area contributed by atoms with Gasteiger partial charge in [0, 0.05) is 28.0 Å². The Morgan fingerprint density at radius 2 is 2.08 bits per heavy atom. The average Bonchev–Trinajstić information content (AvgIpc) is 3.00. The second-order valence-corrected chi connectivity index (χ2v) is 9.10. The Labute approximate surface area is 154 Å². The van der Waals surface area contributed by atoms with Gasteiger partial charge in [0.2, 0.25) is 0 Å². The van der Waals surface area contributed by atoms with Gasteiger partial charge in [0.25, 0.3) is 5.92 Å². The zero-order valence-corrected chi connectivity index (χ0v) is 15.7. The van der Waals surface area contributed by atoms with Crippen LogP contribution in [0.3, 0.4) is 0 Å². The smallest absolute Gasteiger partial charge is 0.270 e. The Morgan fingerprint density at radius 1 is 1.24 bits per heavy atom. The molecule has 2 N–H and O–H groups in total. The van der Waals surface area contributed by atoms with Crippen LogP contribution in [0.5, 0.6) is 0 Å². The van der Waals surface area contributed by atoms with Gasteiger partial charge in [-0.2, -0.15) is 0 Å². The zero-order valence-electron chi connectivity index (χ0n) is 14.0. The molecule has 2 heterocycles. The molecule has 0 saturated heterocycles. The van der Waals surface area contributed by atoms with Crippen LogP contribution in [0.1, 0.15) is 42.2 Å². The predicted octanol–water partition coefficient (Wildman–Crippen LogP) is 5.51. The predicted molar refractivity (Wildman–Crippen MR) is 103 cm³/mol. The monoisotopic (exact) mass is 378 g/mol. The summed E-state index contributed by atoms with van der Waals surface area (Å²) in [6.45, 7) is 0.942. The molecule has 6 heteroatoms. The van der Waals surface area contributed by atoms with E-state index in [-0.39, 0.29) is 11.1 Å². The fourth-order valence-corrected chi connectivity index (χ4v) is 5.95. The van der Waals surface area contributed by atoms with Crippen molar-refractivity contribution in [2.24, 2.45) is 10.7 Å². The van der Waals surface area contributed by atoms with E-state index in [1.807, 2.05) is 6.07 Å². The molecule has 1 aromatic carbocycles. The molecule has 0 radical (unpaired) electrons. The summed E-state index contributed by atoms with van der Waals surface area (Å²) in [5.41, 5.74) is 7.99. The summed E-state index contributed by atoms with van der Waals surface area (Å²) >= 11 is 3.33. The number of halogens is 2. The van der Waals surface area contributed by atoms with Gasteiger partial charge < -0.3 is 5.73 Å². The van der Waals surface area contributed by atoms with Crippen molar-refractivity contribution in [2.75, 3.05) is 5.75 Å². The Bertz CT molecular complexity index is 838. The van der Waals surface area contributed by atoms with Gasteiger partial charge in [-0.3, -0.25) is 4.99 Å². The van der Waals surface area contributed by atoms with E-state index in [0.717, 1.165) is 48.8 Å². The highest BCUT2D eigenvalue weighted by molar-refractivity contribution is 8.13. The van der Waals surface area contributed by atoms with Crippen LogP contribution < -0.4 is 5.73 Å². The van der Waals surface area contributed by atoms with Crippen LogP contribution in [0, 0.1) is 0 Å². The van der Waals surface area contributed by atoms with Gasteiger partial charge in [-0.05, 0) is 48.9 Å². The van der Waals surface area contributed by atoms with Crippen molar-refractivity contribution in [3.63, 3.8) is 0 Å². The molecule has 0 amide bonds. The molecule has 2 nitrogen and oxygen atoms in total. The summed E-state index contributed by atoms with van der Waals surface area (Å²) in [6, 6.07) is 8.89. The van der Waals surface area contributed by atoms with E-state index < -0.39 is 5.92 Å². The molecule has 1 aliphatic carbocycles. The number of hydrogen-bond donors (Lipinski definition) is 1. The van der Waals surface area contributed by atoms with Gasteiger partial charge in [-0.15, -0.1) is 11.3 Å². The highest BCUT2D eigenvalue weighted by atomic mass is 32.2. The SMILES string of the molecule is CC(F)(F)c1cccc(-c2cc3c(s2)CCCC32CCSC(N)=N2)c1.